The van der Waals surface area contributed by atoms with Crippen molar-refractivity contribution in [3.63, 3.8) is 0 Å². The Morgan fingerprint density at radius 1 is 1.75 bits per heavy atom. The van der Waals surface area contributed by atoms with Gasteiger partial charge in [-0.25, -0.2) is 0 Å². The first-order chi connectivity index (χ1) is 9.48. The number of hydrogen-bond acceptors (Lipinski definition) is 6. The average Bonchev–Trinajstić information content (AvgIpc) is 2.99. The summed E-state index contributed by atoms with van der Waals surface area (Å²) in [5, 5.41) is 27.6. The Bertz CT molecular complexity index is 459. The lowest BCUT2D eigenvalue weighted by atomic mass is 10.1. The fraction of sp³-hybridized carbons (Fsp3) is 0.750. The molecule has 8 heteroatoms. The maximum Gasteiger partial charge on any atom is 0.306 e. The lowest BCUT2D eigenvalue weighted by Gasteiger charge is -2.23. The molecule has 7 nitrogen and oxygen atoms in total. The van der Waals surface area contributed by atoms with Crippen LogP contribution in [0.3, 0.4) is 0 Å². The normalized spacial score (nSPS) is 23.9. The molecule has 112 valence electrons. The highest BCUT2D eigenvalue weighted by Gasteiger charge is 2.28. The Kier molecular flexibility index (Phi) is 5.00. The number of hydrogen-bond donors (Lipinski definition) is 2. The Morgan fingerprint density at radius 2 is 2.55 bits per heavy atom. The van der Waals surface area contributed by atoms with E-state index in [1.54, 1.807) is 0 Å². The van der Waals surface area contributed by atoms with Gasteiger partial charge in [-0.3, -0.25) is 14.8 Å². The van der Waals surface area contributed by atoms with Gasteiger partial charge in [0, 0.05) is 17.8 Å². The van der Waals surface area contributed by atoms with Crippen LogP contribution in [0.2, 0.25) is 0 Å². The summed E-state index contributed by atoms with van der Waals surface area (Å²) in [5.74, 6) is 1.21. The maximum absolute atomic E-state index is 10.5. The van der Waals surface area contributed by atoms with Crippen LogP contribution < -0.4 is 5.32 Å². The van der Waals surface area contributed by atoms with E-state index in [-0.39, 0.29) is 17.0 Å². The molecule has 0 amide bonds. The Hall–Kier alpha value is -1.12. The van der Waals surface area contributed by atoms with Crippen LogP contribution in [0.25, 0.3) is 0 Å². The monoisotopic (exact) mass is 300 g/mol. The van der Waals surface area contributed by atoms with E-state index < -0.39 is 11.0 Å². The van der Waals surface area contributed by atoms with Gasteiger partial charge < -0.3 is 10.4 Å². The third kappa shape index (κ3) is 4.19. The fourth-order valence-corrected chi connectivity index (χ4v) is 3.58. The van der Waals surface area contributed by atoms with Crippen molar-refractivity contribution in [2.24, 2.45) is 0 Å². The smallest absolute Gasteiger partial charge is 0.306 e. The van der Waals surface area contributed by atoms with Crippen LogP contribution in [0.15, 0.2) is 12.4 Å². The quantitative estimate of drug-likeness (QED) is 0.577. The molecular formula is C12H20N4O3S. The minimum absolute atomic E-state index is 0.0555. The van der Waals surface area contributed by atoms with Gasteiger partial charge >= 0.3 is 5.69 Å². The maximum atomic E-state index is 10.5. The van der Waals surface area contributed by atoms with E-state index in [0.717, 1.165) is 6.54 Å². The first kappa shape index (κ1) is 15.3. The van der Waals surface area contributed by atoms with Gasteiger partial charge in [0.25, 0.3) is 0 Å². The summed E-state index contributed by atoms with van der Waals surface area (Å²) in [6.07, 6.45) is 4.37. The van der Waals surface area contributed by atoms with Crippen molar-refractivity contribution in [3.8, 4) is 0 Å². The summed E-state index contributed by atoms with van der Waals surface area (Å²) in [6, 6.07) is 0. The number of nitrogens with one attached hydrogen (secondary N) is 1. The van der Waals surface area contributed by atoms with Crippen molar-refractivity contribution < 1.29 is 10.0 Å². The van der Waals surface area contributed by atoms with Crippen LogP contribution in [0.1, 0.15) is 19.8 Å². The van der Waals surface area contributed by atoms with Crippen LogP contribution in [-0.4, -0.2) is 49.5 Å². The number of aromatic nitrogens is 2. The van der Waals surface area contributed by atoms with Gasteiger partial charge in [0.15, 0.2) is 0 Å². The predicted molar refractivity (Wildman–Crippen MR) is 77.9 cm³/mol. The van der Waals surface area contributed by atoms with Crippen molar-refractivity contribution in [2.75, 3.05) is 18.8 Å². The van der Waals surface area contributed by atoms with Crippen LogP contribution in [0, 0.1) is 10.1 Å². The molecule has 0 aromatic carbocycles. The minimum atomic E-state index is -0.607. The van der Waals surface area contributed by atoms with Crippen molar-refractivity contribution in [1.82, 2.24) is 15.1 Å². The molecule has 0 radical (unpaired) electrons. The van der Waals surface area contributed by atoms with Crippen LogP contribution in [-0.2, 0) is 6.54 Å². The van der Waals surface area contributed by atoms with E-state index in [0.29, 0.717) is 6.54 Å². The Balaban J connectivity index is 1.71. The largest absolute Gasteiger partial charge is 0.390 e. The van der Waals surface area contributed by atoms with Crippen LogP contribution in [0.4, 0.5) is 5.69 Å². The number of aliphatic hydroxyl groups is 1. The number of nitro groups is 1. The van der Waals surface area contributed by atoms with Gasteiger partial charge in [0.2, 0.25) is 0 Å². The number of rotatable bonds is 7. The van der Waals surface area contributed by atoms with E-state index in [2.05, 4.69) is 17.3 Å². The van der Waals surface area contributed by atoms with E-state index in [9.17, 15) is 15.2 Å². The minimum Gasteiger partial charge on any atom is -0.390 e. The molecule has 1 aliphatic heterocycles. The molecule has 1 fully saturated rings. The zero-order valence-corrected chi connectivity index (χ0v) is 12.3. The highest BCUT2D eigenvalue weighted by Crippen LogP contribution is 2.36. The van der Waals surface area contributed by atoms with Crippen molar-refractivity contribution in [3.05, 3.63) is 22.5 Å². The molecule has 0 bridgehead atoms. The van der Waals surface area contributed by atoms with Crippen molar-refractivity contribution >= 4 is 17.4 Å². The molecule has 1 aliphatic rings. The first-order valence-electron chi connectivity index (χ1n) is 6.68. The molecule has 1 saturated heterocycles. The molecule has 2 N–H and O–H groups in total. The third-order valence-corrected chi connectivity index (χ3v) is 4.95. The summed E-state index contributed by atoms with van der Waals surface area (Å²) in [6.45, 7) is 3.82. The van der Waals surface area contributed by atoms with Crippen LogP contribution >= 0.6 is 11.8 Å². The van der Waals surface area contributed by atoms with Crippen LogP contribution in [0.5, 0.6) is 0 Å². The summed E-state index contributed by atoms with van der Waals surface area (Å²) < 4.78 is 1.67. The highest BCUT2D eigenvalue weighted by molar-refractivity contribution is 8.00. The third-order valence-electron chi connectivity index (χ3n) is 3.41. The average molecular weight is 300 g/mol. The summed E-state index contributed by atoms with van der Waals surface area (Å²) in [7, 11) is 0. The number of nitrogens with zero attached hydrogens (tertiary/aromatic N) is 3. The number of thioether (sulfide) groups is 1. The second kappa shape index (κ2) is 6.55. The van der Waals surface area contributed by atoms with Gasteiger partial charge in [-0.15, -0.1) is 0 Å². The molecule has 2 rings (SSSR count). The lowest BCUT2D eigenvalue weighted by Crippen LogP contribution is -2.38. The molecule has 1 aromatic rings. The Morgan fingerprint density at radius 3 is 3.15 bits per heavy atom. The zero-order valence-electron chi connectivity index (χ0n) is 11.5. The second-order valence-electron chi connectivity index (χ2n) is 5.36. The molecule has 20 heavy (non-hydrogen) atoms. The molecule has 2 atom stereocenters. The van der Waals surface area contributed by atoms with Crippen molar-refractivity contribution in [2.45, 2.75) is 37.2 Å². The van der Waals surface area contributed by atoms with Gasteiger partial charge in [0.05, 0.1) is 17.6 Å². The molecular weight excluding hydrogens is 280 g/mol. The zero-order chi connectivity index (χ0) is 14.6. The van der Waals surface area contributed by atoms with Gasteiger partial charge in [0.1, 0.15) is 12.4 Å². The predicted octanol–water partition coefficient (Wildman–Crippen LogP) is 1.03. The SMILES string of the molecule is CC1(CNCC(O)Cn2cc([N+](=O)[O-])cn2)CCCS1. The first-order valence-corrected chi connectivity index (χ1v) is 7.67. The fourth-order valence-electron chi connectivity index (χ4n) is 2.31. The molecule has 0 spiro atoms. The van der Waals surface area contributed by atoms with Gasteiger partial charge in [-0.1, -0.05) is 0 Å². The molecule has 1 aromatic heterocycles. The van der Waals surface area contributed by atoms with Gasteiger partial charge in [-0.2, -0.15) is 16.9 Å². The summed E-state index contributed by atoms with van der Waals surface area (Å²) in [4.78, 5) is 10.0. The van der Waals surface area contributed by atoms with E-state index >= 15 is 0 Å². The lowest BCUT2D eigenvalue weighted by molar-refractivity contribution is -0.385. The topological polar surface area (TPSA) is 93.2 Å². The highest BCUT2D eigenvalue weighted by atomic mass is 32.2. The Labute approximate surface area is 121 Å². The second-order valence-corrected chi connectivity index (χ2v) is 7.05. The molecule has 0 saturated carbocycles. The van der Waals surface area contributed by atoms with E-state index in [1.165, 1.54) is 35.7 Å². The van der Waals surface area contributed by atoms with E-state index in [4.69, 9.17) is 0 Å². The number of aliphatic hydroxyl groups excluding tert-OH is 1. The van der Waals surface area contributed by atoms with E-state index in [1.807, 2.05) is 11.8 Å². The summed E-state index contributed by atoms with van der Waals surface area (Å²) in [5.41, 5.74) is -0.0555. The summed E-state index contributed by atoms with van der Waals surface area (Å²) >= 11 is 1.97. The van der Waals surface area contributed by atoms with Gasteiger partial charge in [-0.05, 0) is 25.5 Å². The molecule has 0 aliphatic carbocycles. The standard InChI is InChI=1S/C12H20N4O3S/c1-12(3-2-4-20-12)9-13-6-11(17)8-15-7-10(5-14-15)16(18)19/h5,7,11,13,17H,2-4,6,8-9H2,1H3. The molecule has 2 heterocycles. The molecule has 2 unspecified atom stereocenters. The van der Waals surface area contributed by atoms with Crippen molar-refractivity contribution in [1.29, 1.82) is 0 Å².